The van der Waals surface area contributed by atoms with E-state index in [2.05, 4.69) is 45.2 Å². The Morgan fingerprint density at radius 1 is 1.00 bits per heavy atom. The minimum Gasteiger partial charge on any atom is -0.480 e. The lowest BCUT2D eigenvalue weighted by Crippen LogP contribution is -2.47. The third-order valence-electron chi connectivity index (χ3n) is 6.89. The van der Waals surface area contributed by atoms with E-state index >= 15 is 0 Å². The largest absolute Gasteiger partial charge is 0.480 e. The second kappa shape index (κ2) is 9.79. The Morgan fingerprint density at radius 3 is 2.20 bits per heavy atom. The van der Waals surface area contributed by atoms with E-state index in [1.807, 2.05) is 30.3 Å². The van der Waals surface area contributed by atoms with Crippen molar-refractivity contribution in [3.63, 3.8) is 0 Å². The Kier molecular flexibility index (Phi) is 6.58. The van der Waals surface area contributed by atoms with Crippen LogP contribution in [0.1, 0.15) is 35.4 Å². The average molecular weight is 537 g/mol. The first-order valence-electron chi connectivity index (χ1n) is 11.5. The minimum absolute atomic E-state index is 0.00275. The van der Waals surface area contributed by atoms with Crippen LogP contribution in [0, 0.1) is 0 Å². The van der Waals surface area contributed by atoms with Crippen LogP contribution in [-0.4, -0.2) is 53.4 Å². The van der Waals surface area contributed by atoms with Crippen molar-refractivity contribution in [2.75, 3.05) is 26.3 Å². The molecule has 0 atom stereocenters. The summed E-state index contributed by atoms with van der Waals surface area (Å²) < 4.78 is 12.4. The number of pyridine rings is 1. The number of aliphatic carboxylic acids is 1. The molecule has 3 aromatic rings. The van der Waals surface area contributed by atoms with E-state index in [1.165, 1.54) is 22.3 Å². The highest BCUT2D eigenvalue weighted by atomic mass is 79.9. The first-order chi connectivity index (χ1) is 17.0. The highest BCUT2D eigenvalue weighted by Gasteiger charge is 2.40. The summed E-state index contributed by atoms with van der Waals surface area (Å²) in [5.74, 6) is -1.03. The topological polar surface area (TPSA) is 89.0 Å². The molecule has 1 aliphatic heterocycles. The molecule has 1 amide bonds. The van der Waals surface area contributed by atoms with Crippen molar-refractivity contribution in [3.8, 4) is 11.1 Å². The molecule has 1 aliphatic carbocycles. The summed E-state index contributed by atoms with van der Waals surface area (Å²) in [5.41, 5.74) is 4.70. The van der Waals surface area contributed by atoms with E-state index in [0.29, 0.717) is 30.5 Å². The Hall–Kier alpha value is -3.23. The zero-order chi connectivity index (χ0) is 24.4. The SMILES string of the molecule is O=C(O)COC1(c2ccc(Br)nc2)CCN(C(=O)OCC2c3ccccc3-c3ccccc32)CC1. The van der Waals surface area contributed by atoms with Gasteiger partial charge in [0.05, 0.1) is 5.60 Å². The number of hydrogen-bond donors (Lipinski definition) is 1. The standard InChI is InChI=1S/C27H25BrN2O5/c28-24-10-9-18(15-29-24)27(35-17-25(31)32)11-13-30(14-12-27)26(33)34-16-23-21-7-3-1-5-19(21)20-6-2-4-8-22(20)23/h1-10,15,23H,11-14,16-17H2,(H,31,32). The van der Waals surface area contributed by atoms with Crippen molar-refractivity contribution in [2.24, 2.45) is 0 Å². The Balaban J connectivity index is 1.26. The summed E-state index contributed by atoms with van der Waals surface area (Å²) in [6, 6.07) is 20.2. The van der Waals surface area contributed by atoms with Crippen molar-refractivity contribution in [2.45, 2.75) is 24.4 Å². The van der Waals surface area contributed by atoms with Crippen molar-refractivity contribution < 1.29 is 24.2 Å². The number of carboxylic acid groups (broad SMARTS) is 1. The Morgan fingerprint density at radius 2 is 1.63 bits per heavy atom. The maximum absolute atomic E-state index is 13.0. The Bertz CT molecular complexity index is 1190. The van der Waals surface area contributed by atoms with Gasteiger partial charge in [-0.2, -0.15) is 0 Å². The number of aromatic nitrogens is 1. The van der Waals surface area contributed by atoms with E-state index in [0.717, 1.165) is 5.56 Å². The number of likely N-dealkylation sites (tertiary alicyclic amines) is 1. The number of rotatable bonds is 6. The fourth-order valence-electron chi connectivity index (χ4n) is 5.10. The molecule has 1 aromatic heterocycles. The number of fused-ring (bicyclic) bond motifs is 3. The summed E-state index contributed by atoms with van der Waals surface area (Å²) in [4.78, 5) is 30.1. The lowest BCUT2D eigenvalue weighted by Gasteiger charge is -2.41. The Labute approximate surface area is 211 Å². The second-order valence-electron chi connectivity index (χ2n) is 8.84. The van der Waals surface area contributed by atoms with Crippen molar-refractivity contribution in [1.29, 1.82) is 0 Å². The van der Waals surface area contributed by atoms with Gasteiger partial charge in [-0.3, -0.25) is 0 Å². The van der Waals surface area contributed by atoms with E-state index in [1.54, 1.807) is 17.2 Å². The quantitative estimate of drug-likeness (QED) is 0.436. The maximum Gasteiger partial charge on any atom is 0.409 e. The van der Waals surface area contributed by atoms with Gasteiger partial charge in [0.15, 0.2) is 0 Å². The van der Waals surface area contributed by atoms with Crippen LogP contribution in [0.5, 0.6) is 0 Å². The van der Waals surface area contributed by atoms with Gasteiger partial charge in [-0.25, -0.2) is 14.6 Å². The number of nitrogens with zero attached hydrogens (tertiary/aromatic N) is 2. The summed E-state index contributed by atoms with van der Waals surface area (Å²) in [6.45, 7) is 0.639. The van der Waals surface area contributed by atoms with Crippen LogP contribution in [0.15, 0.2) is 71.5 Å². The lowest BCUT2D eigenvalue weighted by molar-refractivity contribution is -0.154. The van der Waals surface area contributed by atoms with Gasteiger partial charge in [0.1, 0.15) is 17.8 Å². The molecule has 1 saturated heterocycles. The van der Waals surface area contributed by atoms with Gasteiger partial charge >= 0.3 is 12.1 Å². The maximum atomic E-state index is 13.0. The van der Waals surface area contributed by atoms with E-state index in [9.17, 15) is 14.7 Å². The van der Waals surface area contributed by atoms with Crippen LogP contribution in [0.25, 0.3) is 11.1 Å². The number of amides is 1. The predicted octanol–water partition coefficient (Wildman–Crippen LogP) is 5.19. The van der Waals surface area contributed by atoms with Gasteiger partial charge in [0.2, 0.25) is 0 Å². The number of hydrogen-bond acceptors (Lipinski definition) is 5. The molecule has 180 valence electrons. The number of halogens is 1. The van der Waals surface area contributed by atoms with Gasteiger partial charge in [-0.1, -0.05) is 54.6 Å². The highest BCUT2D eigenvalue weighted by Crippen LogP contribution is 2.44. The van der Waals surface area contributed by atoms with Crippen molar-refractivity contribution >= 4 is 28.0 Å². The van der Waals surface area contributed by atoms with E-state index in [-0.39, 0.29) is 18.6 Å². The van der Waals surface area contributed by atoms with Crippen LogP contribution in [0.2, 0.25) is 0 Å². The fourth-order valence-corrected chi connectivity index (χ4v) is 5.33. The fraction of sp³-hybridized carbons (Fsp3) is 0.296. The van der Waals surface area contributed by atoms with Gasteiger partial charge in [0.25, 0.3) is 0 Å². The third-order valence-corrected chi connectivity index (χ3v) is 7.36. The molecule has 5 rings (SSSR count). The van der Waals surface area contributed by atoms with Crippen LogP contribution < -0.4 is 0 Å². The molecule has 1 fully saturated rings. The zero-order valence-electron chi connectivity index (χ0n) is 19.0. The summed E-state index contributed by atoms with van der Waals surface area (Å²) in [5, 5.41) is 9.17. The van der Waals surface area contributed by atoms with Crippen LogP contribution >= 0.6 is 15.9 Å². The van der Waals surface area contributed by atoms with Crippen molar-refractivity contribution in [3.05, 3.63) is 88.2 Å². The number of carbonyl (C=O) groups is 2. The van der Waals surface area contributed by atoms with Gasteiger partial charge < -0.3 is 19.5 Å². The molecule has 8 heteroatoms. The van der Waals surface area contributed by atoms with Crippen LogP contribution in [0.3, 0.4) is 0 Å². The van der Waals surface area contributed by atoms with Crippen molar-refractivity contribution in [1.82, 2.24) is 9.88 Å². The van der Waals surface area contributed by atoms with Crippen LogP contribution in [0.4, 0.5) is 4.79 Å². The number of carboxylic acids is 1. The molecule has 0 unspecified atom stereocenters. The number of piperidine rings is 1. The molecule has 0 bridgehead atoms. The number of benzene rings is 2. The molecule has 0 saturated carbocycles. The molecule has 2 aliphatic rings. The summed E-state index contributed by atoms with van der Waals surface area (Å²) in [6.07, 6.45) is 2.23. The summed E-state index contributed by atoms with van der Waals surface area (Å²) >= 11 is 3.33. The molecule has 1 N–H and O–H groups in total. The normalized spacial score (nSPS) is 16.4. The monoisotopic (exact) mass is 536 g/mol. The van der Waals surface area contributed by atoms with Gasteiger partial charge in [0, 0.05) is 30.8 Å². The van der Waals surface area contributed by atoms with E-state index in [4.69, 9.17) is 9.47 Å². The average Bonchev–Trinajstić information content (AvgIpc) is 3.20. The predicted molar refractivity (Wildman–Crippen MR) is 133 cm³/mol. The minimum atomic E-state index is -1.03. The van der Waals surface area contributed by atoms with Gasteiger partial charge in [-0.15, -0.1) is 0 Å². The lowest BCUT2D eigenvalue weighted by atomic mass is 9.85. The molecule has 7 nitrogen and oxygen atoms in total. The third kappa shape index (κ3) is 4.68. The molecular formula is C27H25BrN2O5. The molecule has 0 spiro atoms. The first kappa shape index (κ1) is 23.5. The highest BCUT2D eigenvalue weighted by molar-refractivity contribution is 9.10. The summed E-state index contributed by atoms with van der Waals surface area (Å²) in [7, 11) is 0. The molecule has 2 heterocycles. The first-order valence-corrected chi connectivity index (χ1v) is 12.3. The molecular weight excluding hydrogens is 512 g/mol. The zero-order valence-corrected chi connectivity index (χ0v) is 20.6. The molecule has 2 aromatic carbocycles. The van der Waals surface area contributed by atoms with Gasteiger partial charge in [-0.05, 0) is 57.1 Å². The van der Waals surface area contributed by atoms with Crippen LogP contribution in [-0.2, 0) is 19.9 Å². The smallest absolute Gasteiger partial charge is 0.409 e. The molecule has 35 heavy (non-hydrogen) atoms. The van der Waals surface area contributed by atoms with E-state index < -0.39 is 18.2 Å². The number of ether oxygens (including phenoxy) is 2. The second-order valence-corrected chi connectivity index (χ2v) is 9.65. The number of carbonyl (C=O) groups excluding carboxylic acids is 1. The molecule has 0 radical (unpaired) electrons.